The van der Waals surface area contributed by atoms with Crippen LogP contribution in [-0.4, -0.2) is 55.8 Å². The summed E-state index contributed by atoms with van der Waals surface area (Å²) < 4.78 is 0. The van der Waals surface area contributed by atoms with Crippen molar-refractivity contribution >= 4 is 17.5 Å². The number of rotatable bonds is 1. The van der Waals surface area contributed by atoms with Gasteiger partial charge in [0.15, 0.2) is 17.8 Å². The zero-order chi connectivity index (χ0) is 10.1. The zero-order valence-corrected chi connectivity index (χ0v) is 8.24. The summed E-state index contributed by atoms with van der Waals surface area (Å²) >= 11 is 0. The van der Waals surface area contributed by atoms with Gasteiger partial charge in [0.25, 0.3) is 5.91 Å². The van der Waals surface area contributed by atoms with E-state index in [2.05, 4.69) is 20.6 Å². The van der Waals surface area contributed by atoms with Gasteiger partial charge >= 0.3 is 0 Å². The highest BCUT2D eigenvalue weighted by Gasteiger charge is 2.33. The monoisotopic (exact) mass is 195 g/mol. The van der Waals surface area contributed by atoms with Crippen LogP contribution in [0.4, 0.5) is 0 Å². The van der Waals surface area contributed by atoms with E-state index < -0.39 is 0 Å². The van der Waals surface area contributed by atoms with Crippen molar-refractivity contribution in [1.82, 2.24) is 15.5 Å². The standard InChI is InChI=1S/C8H13N5O/c1-9-8-12-7(14)5-6(13(8)2)11-4-3-10-5/h8-9H,3-4H2,1-2H3,(H,12,14). The SMILES string of the molecule is CNC1NC(=O)C2=NCCN=C2N1C. The maximum absolute atomic E-state index is 11.6. The van der Waals surface area contributed by atoms with Crippen LogP contribution in [0.1, 0.15) is 0 Å². The molecule has 0 aromatic heterocycles. The fraction of sp³-hybridized carbons (Fsp3) is 0.625. The number of carbonyl (C=O) groups is 1. The molecule has 2 heterocycles. The Morgan fingerprint density at radius 1 is 1.50 bits per heavy atom. The van der Waals surface area contributed by atoms with Gasteiger partial charge in [-0.1, -0.05) is 0 Å². The summed E-state index contributed by atoms with van der Waals surface area (Å²) in [6.07, 6.45) is -0.196. The molecular formula is C8H13N5O. The molecule has 0 aliphatic carbocycles. The second-order valence-corrected chi connectivity index (χ2v) is 3.21. The highest BCUT2D eigenvalue weighted by Crippen LogP contribution is 2.06. The molecule has 0 aromatic carbocycles. The third-order valence-corrected chi connectivity index (χ3v) is 2.32. The van der Waals surface area contributed by atoms with Crippen molar-refractivity contribution in [2.45, 2.75) is 6.29 Å². The molecule has 6 nitrogen and oxygen atoms in total. The van der Waals surface area contributed by atoms with Crippen molar-refractivity contribution in [1.29, 1.82) is 0 Å². The maximum Gasteiger partial charge on any atom is 0.275 e. The smallest absolute Gasteiger partial charge is 0.275 e. The Morgan fingerprint density at radius 2 is 2.21 bits per heavy atom. The van der Waals surface area contributed by atoms with Crippen molar-refractivity contribution in [2.75, 3.05) is 27.2 Å². The molecule has 0 bridgehead atoms. The second kappa shape index (κ2) is 3.38. The Bertz CT molecular complexity index is 322. The molecule has 6 heteroatoms. The Morgan fingerprint density at radius 3 is 2.93 bits per heavy atom. The van der Waals surface area contributed by atoms with Gasteiger partial charge in [-0.15, -0.1) is 0 Å². The first-order valence-electron chi connectivity index (χ1n) is 4.54. The van der Waals surface area contributed by atoms with Crippen molar-refractivity contribution in [3.63, 3.8) is 0 Å². The van der Waals surface area contributed by atoms with Gasteiger partial charge < -0.3 is 10.2 Å². The number of carbonyl (C=O) groups excluding carboxylic acids is 1. The maximum atomic E-state index is 11.6. The molecule has 0 aromatic rings. The Kier molecular flexibility index (Phi) is 2.20. The largest absolute Gasteiger partial charge is 0.325 e. The normalized spacial score (nSPS) is 26.3. The molecule has 1 saturated heterocycles. The number of fused-ring (bicyclic) bond motifs is 1. The highest BCUT2D eigenvalue weighted by atomic mass is 16.2. The van der Waals surface area contributed by atoms with E-state index in [0.29, 0.717) is 24.6 Å². The fourth-order valence-corrected chi connectivity index (χ4v) is 1.59. The van der Waals surface area contributed by atoms with Gasteiger partial charge in [-0.2, -0.15) is 0 Å². The first kappa shape index (κ1) is 9.14. The number of hydrogen-bond acceptors (Lipinski definition) is 5. The molecule has 2 aliphatic heterocycles. The molecule has 0 radical (unpaired) electrons. The van der Waals surface area contributed by atoms with Gasteiger partial charge in [0.1, 0.15) is 0 Å². The molecule has 2 N–H and O–H groups in total. The molecule has 2 rings (SSSR count). The number of amidine groups is 1. The number of nitrogens with one attached hydrogen (secondary N) is 2. The van der Waals surface area contributed by atoms with E-state index in [-0.39, 0.29) is 12.2 Å². The molecule has 1 amide bonds. The van der Waals surface area contributed by atoms with Crippen molar-refractivity contribution < 1.29 is 4.79 Å². The average Bonchev–Trinajstić information content (AvgIpc) is 2.23. The minimum absolute atomic E-state index is 0.152. The Hall–Kier alpha value is -1.43. The lowest BCUT2D eigenvalue weighted by atomic mass is 10.2. The van der Waals surface area contributed by atoms with Crippen LogP contribution in [0.5, 0.6) is 0 Å². The van der Waals surface area contributed by atoms with Crippen LogP contribution in [-0.2, 0) is 4.79 Å². The topological polar surface area (TPSA) is 69.1 Å². The van der Waals surface area contributed by atoms with Gasteiger partial charge in [-0.25, -0.2) is 0 Å². The fourth-order valence-electron chi connectivity index (χ4n) is 1.59. The number of amides is 1. The van der Waals surface area contributed by atoms with Gasteiger partial charge in [0.2, 0.25) is 0 Å². The van der Waals surface area contributed by atoms with Crippen molar-refractivity contribution in [3.8, 4) is 0 Å². The van der Waals surface area contributed by atoms with Crippen LogP contribution in [0.3, 0.4) is 0 Å². The predicted octanol–water partition coefficient (Wildman–Crippen LogP) is -1.60. The van der Waals surface area contributed by atoms with E-state index in [1.807, 2.05) is 11.9 Å². The van der Waals surface area contributed by atoms with Gasteiger partial charge in [0, 0.05) is 7.05 Å². The van der Waals surface area contributed by atoms with Crippen LogP contribution < -0.4 is 10.6 Å². The lowest BCUT2D eigenvalue weighted by Gasteiger charge is -2.36. The number of hydrogen-bond donors (Lipinski definition) is 2. The average molecular weight is 195 g/mol. The molecule has 76 valence electrons. The highest BCUT2D eigenvalue weighted by molar-refractivity contribution is 6.67. The minimum atomic E-state index is -0.196. The Balaban J connectivity index is 2.31. The Labute approximate surface area is 82.1 Å². The summed E-state index contributed by atoms with van der Waals surface area (Å²) in [4.78, 5) is 21.9. The first-order valence-corrected chi connectivity index (χ1v) is 4.54. The zero-order valence-electron chi connectivity index (χ0n) is 8.24. The second-order valence-electron chi connectivity index (χ2n) is 3.21. The van der Waals surface area contributed by atoms with E-state index in [0.717, 1.165) is 0 Å². The third kappa shape index (κ3) is 1.27. The van der Waals surface area contributed by atoms with Gasteiger partial charge in [0.05, 0.1) is 13.1 Å². The van der Waals surface area contributed by atoms with Crippen LogP contribution in [0.2, 0.25) is 0 Å². The summed E-state index contributed by atoms with van der Waals surface area (Å²) in [5, 5.41) is 5.75. The predicted molar refractivity (Wildman–Crippen MR) is 53.4 cm³/mol. The minimum Gasteiger partial charge on any atom is -0.325 e. The van der Waals surface area contributed by atoms with E-state index in [4.69, 9.17) is 0 Å². The van der Waals surface area contributed by atoms with E-state index >= 15 is 0 Å². The summed E-state index contributed by atoms with van der Waals surface area (Å²) in [6.45, 7) is 1.26. The lowest BCUT2D eigenvalue weighted by molar-refractivity contribution is -0.116. The molecule has 2 aliphatic rings. The molecule has 1 atom stereocenters. The van der Waals surface area contributed by atoms with Crippen LogP contribution in [0.25, 0.3) is 0 Å². The molecule has 1 unspecified atom stereocenters. The summed E-state index contributed by atoms with van der Waals surface area (Å²) in [6, 6.07) is 0. The quantitative estimate of drug-likeness (QED) is 0.529. The van der Waals surface area contributed by atoms with Crippen LogP contribution in [0.15, 0.2) is 9.98 Å². The van der Waals surface area contributed by atoms with Crippen LogP contribution >= 0.6 is 0 Å². The molecular weight excluding hydrogens is 182 g/mol. The molecule has 14 heavy (non-hydrogen) atoms. The van der Waals surface area contributed by atoms with E-state index in [1.54, 1.807) is 7.05 Å². The number of aliphatic imine (C=N–C) groups is 2. The lowest BCUT2D eigenvalue weighted by Crippen LogP contribution is -2.65. The molecule has 1 fully saturated rings. The van der Waals surface area contributed by atoms with E-state index in [9.17, 15) is 4.79 Å². The summed E-state index contributed by atoms with van der Waals surface area (Å²) in [7, 11) is 3.66. The molecule has 0 saturated carbocycles. The number of nitrogens with zero attached hydrogens (tertiary/aromatic N) is 3. The van der Waals surface area contributed by atoms with E-state index in [1.165, 1.54) is 0 Å². The van der Waals surface area contributed by atoms with Crippen molar-refractivity contribution in [2.24, 2.45) is 9.98 Å². The van der Waals surface area contributed by atoms with Crippen molar-refractivity contribution in [3.05, 3.63) is 0 Å². The van der Waals surface area contributed by atoms with Gasteiger partial charge in [-0.05, 0) is 7.05 Å². The summed E-state index contributed by atoms with van der Waals surface area (Å²) in [5.74, 6) is 0.528. The van der Waals surface area contributed by atoms with Gasteiger partial charge in [-0.3, -0.25) is 20.1 Å². The first-order chi connectivity index (χ1) is 6.74. The summed E-state index contributed by atoms with van der Waals surface area (Å²) in [5.41, 5.74) is 0.449. The third-order valence-electron chi connectivity index (χ3n) is 2.32. The molecule has 0 spiro atoms. The van der Waals surface area contributed by atoms with Crippen LogP contribution in [0, 0.1) is 0 Å².